The molecule has 160 valence electrons. The van der Waals surface area contributed by atoms with Crippen LogP contribution in [0.5, 0.6) is 5.75 Å². The third kappa shape index (κ3) is 5.76. The van der Waals surface area contributed by atoms with E-state index in [2.05, 4.69) is 29.2 Å². The summed E-state index contributed by atoms with van der Waals surface area (Å²) in [6, 6.07) is 17.2. The molecule has 4 rings (SSSR count). The van der Waals surface area contributed by atoms with Gasteiger partial charge in [0.15, 0.2) is 11.6 Å². The smallest absolute Gasteiger partial charge is 0.229 e. The minimum Gasteiger partial charge on any atom is -0.491 e. The molecule has 5 heteroatoms. The van der Waals surface area contributed by atoms with Crippen LogP contribution in [0.15, 0.2) is 66.6 Å². The SMILES string of the molecule is Fc1ccccc1OCCC1CCN(CC(Cc2ccccc2)C2=COCO2)CC1. The summed E-state index contributed by atoms with van der Waals surface area (Å²) >= 11 is 0. The first-order chi connectivity index (χ1) is 14.8. The Labute approximate surface area is 178 Å². The number of para-hydroxylation sites is 1. The largest absolute Gasteiger partial charge is 0.491 e. The lowest BCUT2D eigenvalue weighted by atomic mass is 9.91. The average Bonchev–Trinajstić information content (AvgIpc) is 3.32. The summed E-state index contributed by atoms with van der Waals surface area (Å²) in [6.45, 7) is 4.02. The molecule has 1 fully saturated rings. The van der Waals surface area contributed by atoms with Crippen molar-refractivity contribution in [2.24, 2.45) is 11.8 Å². The van der Waals surface area contributed by atoms with E-state index in [4.69, 9.17) is 14.2 Å². The molecule has 4 nitrogen and oxygen atoms in total. The van der Waals surface area contributed by atoms with E-state index in [1.807, 2.05) is 6.07 Å². The van der Waals surface area contributed by atoms with Gasteiger partial charge in [0.25, 0.3) is 0 Å². The predicted molar refractivity (Wildman–Crippen MR) is 114 cm³/mol. The normalized spacial score (nSPS) is 18.4. The maximum atomic E-state index is 13.7. The van der Waals surface area contributed by atoms with Crippen LogP contribution in [0.4, 0.5) is 4.39 Å². The molecule has 0 bridgehead atoms. The van der Waals surface area contributed by atoms with Crippen molar-refractivity contribution in [3.63, 3.8) is 0 Å². The van der Waals surface area contributed by atoms with Gasteiger partial charge in [-0.05, 0) is 62.4 Å². The van der Waals surface area contributed by atoms with Crippen molar-refractivity contribution in [3.05, 3.63) is 78.0 Å². The molecule has 0 radical (unpaired) electrons. The molecule has 2 heterocycles. The highest BCUT2D eigenvalue weighted by Gasteiger charge is 2.26. The third-order valence-corrected chi connectivity index (χ3v) is 6.03. The summed E-state index contributed by atoms with van der Waals surface area (Å²) in [7, 11) is 0. The van der Waals surface area contributed by atoms with E-state index >= 15 is 0 Å². The van der Waals surface area contributed by atoms with E-state index in [1.54, 1.807) is 24.5 Å². The second-order valence-corrected chi connectivity index (χ2v) is 8.15. The molecule has 2 aliphatic rings. The van der Waals surface area contributed by atoms with E-state index in [9.17, 15) is 4.39 Å². The standard InChI is InChI=1S/C25H30FNO3/c26-23-8-4-5-9-24(23)29-15-12-20-10-13-27(14-11-20)17-22(25-18-28-19-30-25)16-21-6-2-1-3-7-21/h1-9,18,20,22H,10-17,19H2. The van der Waals surface area contributed by atoms with Crippen molar-refractivity contribution in [2.45, 2.75) is 25.7 Å². The highest BCUT2D eigenvalue weighted by molar-refractivity contribution is 5.23. The number of halogens is 1. The summed E-state index contributed by atoms with van der Waals surface area (Å²) in [5.41, 5.74) is 1.32. The lowest BCUT2D eigenvalue weighted by Gasteiger charge is -2.34. The van der Waals surface area contributed by atoms with E-state index in [1.165, 1.54) is 11.6 Å². The lowest BCUT2D eigenvalue weighted by molar-refractivity contribution is 0.0633. The fourth-order valence-electron chi connectivity index (χ4n) is 4.29. The molecule has 0 amide bonds. The molecule has 1 atom stereocenters. The number of likely N-dealkylation sites (tertiary alicyclic amines) is 1. The van der Waals surface area contributed by atoms with Gasteiger partial charge in [0, 0.05) is 12.5 Å². The molecule has 2 aromatic carbocycles. The van der Waals surface area contributed by atoms with Crippen LogP contribution in [-0.2, 0) is 15.9 Å². The number of hydrogen-bond donors (Lipinski definition) is 0. The van der Waals surface area contributed by atoms with E-state index in [0.717, 1.165) is 51.1 Å². The second-order valence-electron chi connectivity index (χ2n) is 8.15. The quantitative estimate of drug-likeness (QED) is 0.580. The first-order valence-corrected chi connectivity index (χ1v) is 10.9. The molecular formula is C25H30FNO3. The Morgan fingerprint density at radius 3 is 2.53 bits per heavy atom. The van der Waals surface area contributed by atoms with Crippen molar-refractivity contribution in [3.8, 4) is 5.75 Å². The van der Waals surface area contributed by atoms with Gasteiger partial charge in [-0.15, -0.1) is 0 Å². The van der Waals surface area contributed by atoms with Gasteiger partial charge in [0.1, 0.15) is 12.0 Å². The minimum atomic E-state index is -0.288. The number of nitrogens with zero attached hydrogens (tertiary/aromatic N) is 1. The third-order valence-electron chi connectivity index (χ3n) is 6.03. The Bertz CT molecular complexity index is 818. The molecule has 0 N–H and O–H groups in total. The zero-order valence-corrected chi connectivity index (χ0v) is 17.3. The van der Waals surface area contributed by atoms with Gasteiger partial charge < -0.3 is 19.1 Å². The van der Waals surface area contributed by atoms with Crippen molar-refractivity contribution in [2.75, 3.05) is 33.0 Å². The summed E-state index contributed by atoms with van der Waals surface area (Å²) in [4.78, 5) is 2.53. The molecule has 2 aromatic rings. The number of benzene rings is 2. The molecule has 1 saturated heterocycles. The Kier molecular flexibility index (Phi) is 7.25. The van der Waals surface area contributed by atoms with Crippen LogP contribution in [0.25, 0.3) is 0 Å². The molecule has 0 saturated carbocycles. The zero-order chi connectivity index (χ0) is 20.6. The topological polar surface area (TPSA) is 30.9 Å². The summed E-state index contributed by atoms with van der Waals surface area (Å²) < 4.78 is 30.3. The van der Waals surface area contributed by atoms with Gasteiger partial charge in [-0.2, -0.15) is 0 Å². The van der Waals surface area contributed by atoms with Crippen LogP contribution in [0, 0.1) is 17.7 Å². The van der Waals surface area contributed by atoms with Gasteiger partial charge in [-0.3, -0.25) is 0 Å². The Balaban J connectivity index is 1.24. The van der Waals surface area contributed by atoms with Gasteiger partial charge in [0.2, 0.25) is 6.79 Å². The van der Waals surface area contributed by atoms with E-state index < -0.39 is 0 Å². The number of piperidine rings is 1. The van der Waals surface area contributed by atoms with E-state index in [0.29, 0.717) is 31.0 Å². The van der Waals surface area contributed by atoms with Crippen molar-refractivity contribution in [1.29, 1.82) is 0 Å². The maximum absolute atomic E-state index is 13.7. The predicted octanol–water partition coefficient (Wildman–Crippen LogP) is 5.01. The first kappa shape index (κ1) is 20.7. The fourth-order valence-corrected chi connectivity index (χ4v) is 4.29. The molecule has 0 aliphatic carbocycles. The molecule has 2 aliphatic heterocycles. The Morgan fingerprint density at radius 1 is 1.03 bits per heavy atom. The molecular weight excluding hydrogens is 381 g/mol. The molecule has 1 unspecified atom stereocenters. The van der Waals surface area contributed by atoms with Crippen LogP contribution < -0.4 is 4.74 Å². The first-order valence-electron chi connectivity index (χ1n) is 10.9. The molecule has 30 heavy (non-hydrogen) atoms. The second kappa shape index (κ2) is 10.5. The van der Waals surface area contributed by atoms with Crippen LogP contribution >= 0.6 is 0 Å². The van der Waals surface area contributed by atoms with Crippen molar-refractivity contribution < 1.29 is 18.6 Å². The van der Waals surface area contributed by atoms with Crippen LogP contribution in [-0.4, -0.2) is 37.9 Å². The maximum Gasteiger partial charge on any atom is 0.229 e. The van der Waals surface area contributed by atoms with Crippen molar-refractivity contribution >= 4 is 0 Å². The number of hydrogen-bond acceptors (Lipinski definition) is 4. The van der Waals surface area contributed by atoms with Gasteiger partial charge in [-0.25, -0.2) is 4.39 Å². The average molecular weight is 412 g/mol. The summed E-state index contributed by atoms with van der Waals surface area (Å²) in [5, 5.41) is 0. The summed E-state index contributed by atoms with van der Waals surface area (Å²) in [6.07, 6.45) is 5.99. The van der Waals surface area contributed by atoms with Gasteiger partial charge >= 0.3 is 0 Å². The van der Waals surface area contributed by atoms with Gasteiger partial charge in [0.05, 0.1) is 6.61 Å². The Hall–Kier alpha value is -2.53. The molecule has 0 spiro atoms. The monoisotopic (exact) mass is 411 g/mol. The van der Waals surface area contributed by atoms with Gasteiger partial charge in [-0.1, -0.05) is 42.5 Å². The highest BCUT2D eigenvalue weighted by Crippen LogP contribution is 2.27. The van der Waals surface area contributed by atoms with Crippen LogP contribution in [0.2, 0.25) is 0 Å². The fraction of sp³-hybridized carbons (Fsp3) is 0.440. The number of ether oxygens (including phenoxy) is 3. The lowest BCUT2D eigenvalue weighted by Crippen LogP contribution is -2.38. The highest BCUT2D eigenvalue weighted by atomic mass is 19.1. The number of rotatable bonds is 9. The van der Waals surface area contributed by atoms with Crippen LogP contribution in [0.1, 0.15) is 24.8 Å². The Morgan fingerprint density at radius 2 is 1.80 bits per heavy atom. The van der Waals surface area contributed by atoms with Crippen molar-refractivity contribution in [1.82, 2.24) is 4.90 Å². The zero-order valence-electron chi connectivity index (χ0n) is 17.3. The minimum absolute atomic E-state index is 0.288. The summed E-state index contributed by atoms with van der Waals surface area (Å²) in [5.74, 6) is 1.95. The van der Waals surface area contributed by atoms with Crippen LogP contribution in [0.3, 0.4) is 0 Å². The van der Waals surface area contributed by atoms with E-state index in [-0.39, 0.29) is 5.82 Å². The molecule has 0 aromatic heterocycles.